The van der Waals surface area contributed by atoms with Crippen molar-refractivity contribution in [2.24, 2.45) is 0 Å². The molecule has 24 heavy (non-hydrogen) atoms. The van der Waals surface area contributed by atoms with Crippen LogP contribution in [-0.4, -0.2) is 16.5 Å². The minimum atomic E-state index is 0. The summed E-state index contributed by atoms with van der Waals surface area (Å²) < 4.78 is 7.19. The van der Waals surface area contributed by atoms with Crippen molar-refractivity contribution in [3.8, 4) is 6.07 Å². The Morgan fingerprint density at radius 1 is 1.33 bits per heavy atom. The second-order valence-corrected chi connectivity index (χ2v) is 5.64. The molecular weight excluding hydrogens is 478 g/mol. The zero-order chi connectivity index (χ0) is 16.0. The normalized spacial score (nSPS) is 10.9. The third kappa shape index (κ3) is 2.40. The first-order valence-corrected chi connectivity index (χ1v) is 7.36. The van der Waals surface area contributed by atoms with Gasteiger partial charge in [0.15, 0.2) is 0 Å². The Balaban J connectivity index is 0.00000169. The number of hydrogen-bond donors (Lipinski definition) is 0. The molecule has 0 bridgehead atoms. The first kappa shape index (κ1) is 16.6. The molecule has 0 spiro atoms. The Hall–Kier alpha value is -2.25. The standard InChI is InChI=1S/C19H14N3O.Ir/c1-12-6-7-16-17(8-12)15-5-3-4-13(9-20)18(15)22-10-14(11-23-2)21-19(16)22;/h3-6,8,10H,11H2,1-2H3;/q-1;. The van der Waals surface area contributed by atoms with Crippen LogP contribution in [0.15, 0.2) is 36.5 Å². The molecule has 4 rings (SSSR count). The third-order valence-corrected chi connectivity index (χ3v) is 4.04. The Labute approximate surface area is 153 Å². The fraction of sp³-hybridized carbons (Fsp3) is 0.158. The van der Waals surface area contributed by atoms with Crippen molar-refractivity contribution in [1.29, 1.82) is 5.26 Å². The summed E-state index contributed by atoms with van der Waals surface area (Å²) in [6.07, 6.45) is 1.94. The number of methoxy groups -OCH3 is 1. The van der Waals surface area contributed by atoms with E-state index in [4.69, 9.17) is 4.74 Å². The van der Waals surface area contributed by atoms with Gasteiger partial charge in [-0.1, -0.05) is 24.4 Å². The maximum absolute atomic E-state index is 9.52. The minimum absolute atomic E-state index is 0. The molecule has 0 amide bonds. The summed E-state index contributed by atoms with van der Waals surface area (Å²) >= 11 is 0. The number of fused-ring (bicyclic) bond motifs is 6. The van der Waals surface area contributed by atoms with Crippen molar-refractivity contribution in [2.75, 3.05) is 7.11 Å². The van der Waals surface area contributed by atoms with Crippen molar-refractivity contribution in [2.45, 2.75) is 13.5 Å². The van der Waals surface area contributed by atoms with Gasteiger partial charge in [-0.25, -0.2) is 0 Å². The van der Waals surface area contributed by atoms with Crippen LogP contribution in [0.4, 0.5) is 0 Å². The monoisotopic (exact) mass is 493 g/mol. The van der Waals surface area contributed by atoms with Gasteiger partial charge in [0, 0.05) is 33.4 Å². The van der Waals surface area contributed by atoms with Crippen LogP contribution in [-0.2, 0) is 31.4 Å². The average Bonchev–Trinajstić information content (AvgIpc) is 2.98. The van der Waals surface area contributed by atoms with Crippen LogP contribution in [0.5, 0.6) is 0 Å². The Kier molecular flexibility index (Phi) is 4.38. The summed E-state index contributed by atoms with van der Waals surface area (Å²) in [5.74, 6) is 0. The number of nitrogens with zero attached hydrogens (tertiary/aromatic N) is 3. The number of rotatable bonds is 2. The molecule has 5 heteroatoms. The summed E-state index contributed by atoms with van der Waals surface area (Å²) in [4.78, 5) is 4.68. The van der Waals surface area contributed by atoms with Crippen LogP contribution in [0.25, 0.3) is 27.3 Å². The quantitative estimate of drug-likeness (QED) is 0.316. The average molecular weight is 493 g/mol. The summed E-state index contributed by atoms with van der Waals surface area (Å²) in [6.45, 7) is 2.48. The van der Waals surface area contributed by atoms with Gasteiger partial charge in [-0.15, -0.1) is 29.1 Å². The molecule has 0 unspecified atom stereocenters. The van der Waals surface area contributed by atoms with E-state index in [9.17, 15) is 5.26 Å². The fourth-order valence-electron chi connectivity index (χ4n) is 3.11. The summed E-state index contributed by atoms with van der Waals surface area (Å²) in [5, 5.41) is 12.6. The Bertz CT molecular complexity index is 1110. The van der Waals surface area contributed by atoms with Gasteiger partial charge in [-0.3, -0.25) is 4.98 Å². The van der Waals surface area contributed by atoms with Crippen LogP contribution < -0.4 is 0 Å². The number of pyridine rings is 1. The number of benzene rings is 2. The number of ether oxygens (including phenoxy) is 1. The van der Waals surface area contributed by atoms with Crippen LogP contribution in [0.3, 0.4) is 0 Å². The van der Waals surface area contributed by atoms with E-state index in [0.29, 0.717) is 12.2 Å². The van der Waals surface area contributed by atoms with E-state index >= 15 is 0 Å². The van der Waals surface area contributed by atoms with E-state index in [2.05, 4.69) is 23.2 Å². The van der Waals surface area contributed by atoms with Gasteiger partial charge in [0.2, 0.25) is 0 Å². The first-order chi connectivity index (χ1) is 11.2. The number of para-hydroxylation sites is 1. The Morgan fingerprint density at radius 2 is 2.17 bits per heavy atom. The van der Waals surface area contributed by atoms with Crippen LogP contribution in [0, 0.1) is 24.3 Å². The van der Waals surface area contributed by atoms with Gasteiger partial charge in [0.25, 0.3) is 0 Å². The van der Waals surface area contributed by atoms with Gasteiger partial charge in [0.1, 0.15) is 6.07 Å². The Morgan fingerprint density at radius 3 is 2.92 bits per heavy atom. The molecule has 0 atom stereocenters. The van der Waals surface area contributed by atoms with E-state index < -0.39 is 0 Å². The molecule has 0 fully saturated rings. The number of aryl methyl sites for hydroxylation is 1. The van der Waals surface area contributed by atoms with Crippen molar-refractivity contribution in [3.63, 3.8) is 0 Å². The number of imidazole rings is 1. The topological polar surface area (TPSA) is 50.3 Å². The molecule has 2 heterocycles. The number of nitriles is 1. The third-order valence-electron chi connectivity index (χ3n) is 4.04. The molecule has 0 aliphatic rings. The van der Waals surface area contributed by atoms with Gasteiger partial charge < -0.3 is 9.14 Å². The smallest absolute Gasteiger partial charge is 0.101 e. The predicted octanol–water partition coefficient (Wildman–Crippen LogP) is 3.76. The van der Waals surface area contributed by atoms with Crippen molar-refractivity contribution < 1.29 is 24.8 Å². The molecule has 2 aromatic heterocycles. The molecular formula is C19H14IrN3O-. The van der Waals surface area contributed by atoms with Crippen LogP contribution >= 0.6 is 0 Å². The van der Waals surface area contributed by atoms with Crippen molar-refractivity contribution >= 4 is 27.3 Å². The van der Waals surface area contributed by atoms with Crippen LogP contribution in [0.2, 0.25) is 0 Å². The van der Waals surface area contributed by atoms with Crippen molar-refractivity contribution in [3.05, 3.63) is 59.4 Å². The largest absolute Gasteiger partial charge is 0.378 e. The summed E-state index contributed by atoms with van der Waals surface area (Å²) in [7, 11) is 1.65. The molecule has 1 radical (unpaired) electrons. The zero-order valence-electron chi connectivity index (χ0n) is 13.3. The van der Waals surface area contributed by atoms with Gasteiger partial charge in [0.05, 0.1) is 29.0 Å². The molecule has 0 aliphatic carbocycles. The van der Waals surface area contributed by atoms with E-state index in [1.807, 2.05) is 41.8 Å². The summed E-state index contributed by atoms with van der Waals surface area (Å²) in [6, 6.07) is 15.5. The van der Waals surface area contributed by atoms with Gasteiger partial charge >= 0.3 is 0 Å². The maximum atomic E-state index is 9.52. The van der Waals surface area contributed by atoms with E-state index in [1.165, 1.54) is 0 Å². The predicted molar refractivity (Wildman–Crippen MR) is 89.2 cm³/mol. The van der Waals surface area contributed by atoms with E-state index in [-0.39, 0.29) is 20.1 Å². The second-order valence-electron chi connectivity index (χ2n) is 5.64. The molecule has 0 N–H and O–H groups in total. The van der Waals surface area contributed by atoms with E-state index in [0.717, 1.165) is 38.6 Å². The summed E-state index contributed by atoms with van der Waals surface area (Å²) in [5.41, 5.74) is 4.29. The molecule has 4 aromatic rings. The fourth-order valence-corrected chi connectivity index (χ4v) is 3.11. The molecule has 121 valence electrons. The van der Waals surface area contributed by atoms with Crippen LogP contribution in [0.1, 0.15) is 16.8 Å². The molecule has 4 nitrogen and oxygen atoms in total. The van der Waals surface area contributed by atoms with Gasteiger partial charge in [-0.05, 0) is 11.5 Å². The number of aromatic nitrogens is 2. The maximum Gasteiger partial charge on any atom is 0.101 e. The molecule has 0 saturated heterocycles. The van der Waals surface area contributed by atoms with E-state index in [1.54, 1.807) is 7.11 Å². The number of hydrogen-bond acceptors (Lipinski definition) is 3. The zero-order valence-corrected chi connectivity index (χ0v) is 15.6. The molecule has 2 aromatic carbocycles. The molecule has 0 aliphatic heterocycles. The van der Waals surface area contributed by atoms with Gasteiger partial charge in [-0.2, -0.15) is 5.26 Å². The molecule has 0 saturated carbocycles. The SMILES string of the molecule is COCc1cn2c(n1)c1[c-]cc(C)cc1c1cccc(C#N)c12.[Ir]. The van der Waals surface area contributed by atoms with Crippen molar-refractivity contribution in [1.82, 2.24) is 9.38 Å². The first-order valence-electron chi connectivity index (χ1n) is 7.36. The second kappa shape index (κ2) is 6.33. The minimum Gasteiger partial charge on any atom is -0.378 e.